The summed E-state index contributed by atoms with van der Waals surface area (Å²) in [6.07, 6.45) is 2.31. The minimum absolute atomic E-state index is 0.0180. The van der Waals surface area contributed by atoms with E-state index in [1.165, 1.54) is 11.1 Å². The topological polar surface area (TPSA) is 17.1 Å². The molecule has 1 aliphatic carbocycles. The lowest BCUT2D eigenvalue weighted by molar-refractivity contribution is -0.119. The maximum absolute atomic E-state index is 11.6. The largest absolute Gasteiger partial charge is 0.300 e. The van der Waals surface area contributed by atoms with Gasteiger partial charge in [-0.15, -0.1) is 0 Å². The van der Waals surface area contributed by atoms with Gasteiger partial charge in [-0.3, -0.25) is 4.79 Å². The van der Waals surface area contributed by atoms with Crippen LogP contribution in [-0.4, -0.2) is 5.78 Å². The van der Waals surface area contributed by atoms with Crippen molar-refractivity contribution in [2.45, 2.75) is 38.5 Å². The van der Waals surface area contributed by atoms with Crippen molar-refractivity contribution >= 4 is 5.78 Å². The van der Waals surface area contributed by atoms with Crippen LogP contribution in [0.2, 0.25) is 0 Å². The Bertz CT molecular complexity index is 363. The normalized spacial score (nSPS) is 20.0. The van der Waals surface area contributed by atoms with E-state index in [1.807, 2.05) is 0 Å². The number of aryl methyl sites for hydroxylation is 1. The van der Waals surface area contributed by atoms with Crippen LogP contribution < -0.4 is 0 Å². The van der Waals surface area contributed by atoms with Gasteiger partial charge < -0.3 is 0 Å². The van der Waals surface area contributed by atoms with Crippen molar-refractivity contribution in [3.05, 3.63) is 35.4 Å². The molecule has 1 heteroatoms. The number of Topliss-reactive ketones (excluding diaryl/α,β-unsaturated/α-hetero) is 1. The molecule has 0 spiro atoms. The quantitative estimate of drug-likeness (QED) is 0.572. The van der Waals surface area contributed by atoms with E-state index in [0.717, 1.165) is 6.42 Å². The second-order valence-corrected chi connectivity index (χ2v) is 4.76. The smallest absolute Gasteiger partial charge is 0.134 e. The van der Waals surface area contributed by atoms with Crippen LogP contribution in [0.5, 0.6) is 0 Å². The summed E-state index contributed by atoms with van der Waals surface area (Å²) in [4.78, 5) is 11.6. The summed E-state index contributed by atoms with van der Waals surface area (Å²) in [5.74, 6) is 0.395. The van der Waals surface area contributed by atoms with Crippen LogP contribution >= 0.6 is 0 Å². The third-order valence-electron chi connectivity index (χ3n) is 3.06. The van der Waals surface area contributed by atoms with Gasteiger partial charge in [-0.1, -0.05) is 38.1 Å². The van der Waals surface area contributed by atoms with Crippen molar-refractivity contribution in [2.75, 3.05) is 0 Å². The molecule has 0 aromatic heterocycles. The second-order valence-electron chi connectivity index (χ2n) is 4.76. The van der Waals surface area contributed by atoms with Crippen molar-refractivity contribution in [1.29, 1.82) is 0 Å². The third kappa shape index (κ3) is 1.59. The SMILES string of the molecule is CC1(C)CC(=O)CCc2ccccc21. The van der Waals surface area contributed by atoms with Crippen molar-refractivity contribution in [1.82, 2.24) is 0 Å². The van der Waals surface area contributed by atoms with Gasteiger partial charge in [0.15, 0.2) is 0 Å². The lowest BCUT2D eigenvalue weighted by atomic mass is 9.80. The minimum atomic E-state index is 0.0180. The highest BCUT2D eigenvalue weighted by Crippen LogP contribution is 2.33. The highest BCUT2D eigenvalue weighted by atomic mass is 16.1. The van der Waals surface area contributed by atoms with Gasteiger partial charge in [0.25, 0.3) is 0 Å². The molecule has 1 nitrogen and oxygen atoms in total. The number of ketones is 1. The Balaban J connectivity index is 2.50. The Kier molecular flexibility index (Phi) is 2.18. The third-order valence-corrected chi connectivity index (χ3v) is 3.06. The van der Waals surface area contributed by atoms with Gasteiger partial charge in [-0.25, -0.2) is 0 Å². The summed E-state index contributed by atoms with van der Waals surface area (Å²) >= 11 is 0. The van der Waals surface area contributed by atoms with Crippen LogP contribution in [-0.2, 0) is 16.6 Å². The fourth-order valence-corrected chi connectivity index (χ4v) is 2.35. The van der Waals surface area contributed by atoms with Gasteiger partial charge >= 0.3 is 0 Å². The highest BCUT2D eigenvalue weighted by Gasteiger charge is 2.28. The zero-order valence-corrected chi connectivity index (χ0v) is 8.84. The van der Waals surface area contributed by atoms with Crippen molar-refractivity contribution in [3.63, 3.8) is 0 Å². The molecular formula is C13H16O. The lowest BCUT2D eigenvalue weighted by Crippen LogP contribution is -2.20. The number of rotatable bonds is 0. The monoisotopic (exact) mass is 188 g/mol. The Labute approximate surface area is 85.1 Å². The number of carbonyl (C=O) groups excluding carboxylic acids is 1. The van der Waals surface area contributed by atoms with E-state index in [2.05, 4.69) is 38.1 Å². The van der Waals surface area contributed by atoms with Crippen LogP contribution in [0, 0.1) is 0 Å². The summed E-state index contributed by atoms with van der Waals surface area (Å²) in [6.45, 7) is 4.32. The van der Waals surface area contributed by atoms with E-state index in [-0.39, 0.29) is 5.41 Å². The van der Waals surface area contributed by atoms with Gasteiger partial charge in [0.05, 0.1) is 0 Å². The molecule has 0 aliphatic heterocycles. The van der Waals surface area contributed by atoms with Gasteiger partial charge in [-0.05, 0) is 23.0 Å². The molecule has 0 saturated heterocycles. The molecule has 0 fully saturated rings. The molecular weight excluding hydrogens is 172 g/mol. The zero-order valence-electron chi connectivity index (χ0n) is 8.84. The van der Waals surface area contributed by atoms with Crippen LogP contribution in [0.1, 0.15) is 37.8 Å². The lowest BCUT2D eigenvalue weighted by Gasteiger charge is -2.24. The molecule has 0 unspecified atom stereocenters. The molecule has 0 bridgehead atoms. The minimum Gasteiger partial charge on any atom is -0.300 e. The molecule has 0 amide bonds. The van der Waals surface area contributed by atoms with E-state index in [1.54, 1.807) is 0 Å². The van der Waals surface area contributed by atoms with Crippen LogP contribution in [0.15, 0.2) is 24.3 Å². The van der Waals surface area contributed by atoms with Crippen LogP contribution in [0.25, 0.3) is 0 Å². The van der Waals surface area contributed by atoms with Crippen molar-refractivity contribution in [2.24, 2.45) is 0 Å². The summed E-state index contributed by atoms with van der Waals surface area (Å²) in [5.41, 5.74) is 2.72. The number of benzene rings is 1. The maximum Gasteiger partial charge on any atom is 0.134 e. The van der Waals surface area contributed by atoms with Crippen LogP contribution in [0.4, 0.5) is 0 Å². The van der Waals surface area contributed by atoms with E-state index in [9.17, 15) is 4.79 Å². The molecule has 74 valence electrons. The van der Waals surface area contributed by atoms with Gasteiger partial charge in [0.2, 0.25) is 0 Å². The predicted molar refractivity (Wildman–Crippen MR) is 57.4 cm³/mol. The average Bonchev–Trinajstić information content (AvgIpc) is 2.24. The molecule has 1 aromatic rings. The molecule has 1 aromatic carbocycles. The molecule has 1 aliphatic rings. The van der Waals surface area contributed by atoms with E-state index in [0.29, 0.717) is 18.6 Å². The molecule has 0 saturated carbocycles. The van der Waals surface area contributed by atoms with Gasteiger partial charge in [0, 0.05) is 12.8 Å². The number of hydrogen-bond donors (Lipinski definition) is 0. The second kappa shape index (κ2) is 3.23. The molecule has 14 heavy (non-hydrogen) atoms. The van der Waals surface area contributed by atoms with Crippen molar-refractivity contribution in [3.8, 4) is 0 Å². The van der Waals surface area contributed by atoms with E-state index >= 15 is 0 Å². The summed E-state index contributed by atoms with van der Waals surface area (Å²) in [5, 5.41) is 0. The predicted octanol–water partition coefficient (Wildman–Crippen LogP) is 2.87. The Morgan fingerprint density at radius 2 is 1.86 bits per heavy atom. The first kappa shape index (κ1) is 9.45. The summed E-state index contributed by atoms with van der Waals surface area (Å²) < 4.78 is 0. The molecule has 0 atom stereocenters. The first-order chi connectivity index (χ1) is 6.59. The van der Waals surface area contributed by atoms with E-state index in [4.69, 9.17) is 0 Å². The standard InChI is InChI=1S/C13H16O/c1-13(2)9-11(14)8-7-10-5-3-4-6-12(10)13/h3-6H,7-9H2,1-2H3. The molecule has 0 N–H and O–H groups in total. The van der Waals surface area contributed by atoms with Crippen LogP contribution in [0.3, 0.4) is 0 Å². The zero-order chi connectivity index (χ0) is 10.2. The Morgan fingerprint density at radius 3 is 2.64 bits per heavy atom. The first-order valence-corrected chi connectivity index (χ1v) is 5.20. The number of hydrogen-bond acceptors (Lipinski definition) is 1. The first-order valence-electron chi connectivity index (χ1n) is 5.20. The van der Waals surface area contributed by atoms with E-state index < -0.39 is 0 Å². The average molecular weight is 188 g/mol. The molecule has 2 rings (SSSR count). The summed E-state index contributed by atoms with van der Waals surface area (Å²) in [7, 11) is 0. The fraction of sp³-hybridized carbons (Fsp3) is 0.462. The van der Waals surface area contributed by atoms with Crippen molar-refractivity contribution < 1.29 is 4.79 Å². The highest BCUT2D eigenvalue weighted by molar-refractivity contribution is 5.81. The number of fused-ring (bicyclic) bond motifs is 1. The van der Waals surface area contributed by atoms with Gasteiger partial charge in [-0.2, -0.15) is 0 Å². The Hall–Kier alpha value is -1.11. The molecule has 0 radical (unpaired) electrons. The van der Waals surface area contributed by atoms with Gasteiger partial charge in [0.1, 0.15) is 5.78 Å². The molecule has 0 heterocycles. The number of carbonyl (C=O) groups is 1. The Morgan fingerprint density at radius 1 is 1.14 bits per heavy atom. The fourth-order valence-electron chi connectivity index (χ4n) is 2.35. The summed E-state index contributed by atoms with van der Waals surface area (Å²) in [6, 6.07) is 8.44. The maximum atomic E-state index is 11.6.